The van der Waals surface area contributed by atoms with Gasteiger partial charge in [0, 0.05) is 25.2 Å². The number of halogens is 5. The highest BCUT2D eigenvalue weighted by molar-refractivity contribution is 5.93. The molecule has 3 aromatic rings. The van der Waals surface area contributed by atoms with E-state index in [0.717, 1.165) is 0 Å². The Hall–Kier alpha value is -3.65. The van der Waals surface area contributed by atoms with Crippen molar-refractivity contribution in [2.24, 2.45) is 11.8 Å². The number of amides is 2. The van der Waals surface area contributed by atoms with Gasteiger partial charge >= 0.3 is 6.18 Å². The van der Waals surface area contributed by atoms with Crippen LogP contribution in [0.4, 0.5) is 22.0 Å². The molecule has 15 heteroatoms. The Morgan fingerprint density at radius 2 is 2.00 bits per heavy atom. The summed E-state index contributed by atoms with van der Waals surface area (Å²) in [7, 11) is 0. The second kappa shape index (κ2) is 10.2. The van der Waals surface area contributed by atoms with Crippen molar-refractivity contribution in [2.45, 2.75) is 76.1 Å². The van der Waals surface area contributed by atoms with Crippen molar-refractivity contribution >= 4 is 17.5 Å². The lowest BCUT2D eigenvalue weighted by atomic mass is 9.81. The fourth-order valence-electron chi connectivity index (χ4n) is 5.23. The third-order valence-corrected chi connectivity index (χ3v) is 7.40. The maximum atomic E-state index is 13.9. The topological polar surface area (TPSA) is 127 Å². The predicted molar refractivity (Wildman–Crippen MR) is 124 cm³/mol. The number of carbonyl (C=O) groups is 2. The van der Waals surface area contributed by atoms with Crippen molar-refractivity contribution in [3.8, 4) is 0 Å². The Morgan fingerprint density at radius 1 is 1.26 bits per heavy atom. The molecule has 2 aliphatic rings. The summed E-state index contributed by atoms with van der Waals surface area (Å²) in [6.07, 6.45) is -3.31. The monoisotopic (exact) mass is 555 g/mol. The second-order valence-corrected chi connectivity index (χ2v) is 10.1. The summed E-state index contributed by atoms with van der Waals surface area (Å²) in [6, 6.07) is 0.543. The van der Waals surface area contributed by atoms with E-state index in [1.165, 1.54) is 4.52 Å². The Balaban J connectivity index is 1.39. The summed E-state index contributed by atoms with van der Waals surface area (Å²) < 4.78 is 72.9. The number of aryl methyl sites for hydroxylation is 1. The number of nitrogens with one attached hydrogen (secondary N) is 2. The molecule has 0 unspecified atom stereocenters. The number of hydrogen-bond acceptors (Lipinski definition) is 7. The SMILES string of the molecule is CCc1nonc1C(=O)N[C@H](c1cn2nc(C[C@H]3C[C@@H](C(F)(F)F)NC3=O)ccc2n1)C1CCC(F)(F)CC1. The first kappa shape index (κ1) is 26.9. The zero-order valence-electron chi connectivity index (χ0n) is 20.8. The molecular weight excluding hydrogens is 529 g/mol. The third-order valence-electron chi connectivity index (χ3n) is 7.40. The van der Waals surface area contributed by atoms with Crippen molar-refractivity contribution in [1.29, 1.82) is 0 Å². The zero-order valence-corrected chi connectivity index (χ0v) is 20.8. The highest BCUT2D eigenvalue weighted by Gasteiger charge is 2.47. The number of alkyl halides is 5. The minimum Gasteiger partial charge on any atom is -0.344 e. The Morgan fingerprint density at radius 3 is 2.67 bits per heavy atom. The van der Waals surface area contributed by atoms with Crippen LogP contribution in [0.1, 0.15) is 72.6 Å². The van der Waals surface area contributed by atoms with E-state index in [2.05, 4.69) is 30.3 Å². The molecule has 1 aliphatic heterocycles. The van der Waals surface area contributed by atoms with Crippen molar-refractivity contribution < 1.29 is 36.2 Å². The maximum absolute atomic E-state index is 13.9. The molecule has 2 fully saturated rings. The van der Waals surface area contributed by atoms with Crippen LogP contribution in [0.5, 0.6) is 0 Å². The van der Waals surface area contributed by atoms with Gasteiger partial charge in [-0.25, -0.2) is 22.9 Å². The number of rotatable bonds is 7. The first-order valence-corrected chi connectivity index (χ1v) is 12.7. The van der Waals surface area contributed by atoms with Crippen LogP contribution in [0.25, 0.3) is 5.65 Å². The summed E-state index contributed by atoms with van der Waals surface area (Å²) in [5.41, 5.74) is 1.50. The lowest BCUT2D eigenvalue weighted by Gasteiger charge is -2.33. The fraction of sp³-hybridized carbons (Fsp3) is 0.583. The summed E-state index contributed by atoms with van der Waals surface area (Å²) in [5, 5.41) is 16.6. The molecule has 0 radical (unpaired) electrons. The van der Waals surface area contributed by atoms with Gasteiger partial charge in [0.2, 0.25) is 11.8 Å². The zero-order chi connectivity index (χ0) is 27.9. The highest BCUT2D eigenvalue weighted by atomic mass is 19.4. The van der Waals surface area contributed by atoms with E-state index in [-0.39, 0.29) is 50.1 Å². The average molecular weight is 556 g/mol. The Bertz CT molecular complexity index is 1360. The standard InChI is InChI=1S/C24H26F5N7O3/c1-2-15-20(35-39-34-15)22(38)32-19(12-5-7-23(25,26)8-6-12)16-11-36-18(30-16)4-3-14(33-36)9-13-10-17(24(27,28)29)31-21(13)37/h3-4,11-13,17,19H,2,5-10H2,1H3,(H,31,37)(H,32,38)/t13-,17-,19-/m0/s1. The van der Waals surface area contributed by atoms with E-state index < -0.39 is 41.9 Å². The van der Waals surface area contributed by atoms with Crippen molar-refractivity contribution in [2.75, 3.05) is 0 Å². The molecule has 210 valence electrons. The molecule has 2 N–H and O–H groups in total. The maximum Gasteiger partial charge on any atom is 0.408 e. The van der Waals surface area contributed by atoms with Crippen LogP contribution in [0.3, 0.4) is 0 Å². The molecule has 10 nitrogen and oxygen atoms in total. The second-order valence-electron chi connectivity index (χ2n) is 10.1. The van der Waals surface area contributed by atoms with E-state index in [1.807, 2.05) is 5.32 Å². The quantitative estimate of drug-likeness (QED) is 0.427. The number of hydrogen-bond donors (Lipinski definition) is 2. The molecular formula is C24H26F5N7O3. The molecule has 3 atom stereocenters. The van der Waals surface area contributed by atoms with Crippen molar-refractivity contribution in [3.63, 3.8) is 0 Å². The predicted octanol–water partition coefficient (Wildman–Crippen LogP) is 3.58. The van der Waals surface area contributed by atoms with Crippen LogP contribution in [0.2, 0.25) is 0 Å². The molecule has 0 aromatic carbocycles. The average Bonchev–Trinajstić information content (AvgIpc) is 3.60. The molecule has 0 bridgehead atoms. The van der Waals surface area contributed by atoms with Gasteiger partial charge in [-0.1, -0.05) is 12.1 Å². The molecule has 2 amide bonds. The fourth-order valence-corrected chi connectivity index (χ4v) is 5.23. The van der Waals surface area contributed by atoms with Gasteiger partial charge in [0.15, 0.2) is 11.3 Å². The molecule has 1 aliphatic carbocycles. The van der Waals surface area contributed by atoms with E-state index >= 15 is 0 Å². The molecule has 1 saturated heterocycles. The number of fused-ring (bicyclic) bond motifs is 1. The van der Waals surface area contributed by atoms with E-state index in [4.69, 9.17) is 0 Å². The first-order chi connectivity index (χ1) is 18.4. The summed E-state index contributed by atoms with van der Waals surface area (Å²) >= 11 is 0. The molecule has 1 saturated carbocycles. The summed E-state index contributed by atoms with van der Waals surface area (Å²) in [4.78, 5) is 29.7. The van der Waals surface area contributed by atoms with Crippen LogP contribution in [0, 0.1) is 11.8 Å². The molecule has 39 heavy (non-hydrogen) atoms. The van der Waals surface area contributed by atoms with E-state index in [0.29, 0.717) is 29.1 Å². The minimum absolute atomic E-state index is 0.000170. The number of aromatic nitrogens is 5. The smallest absolute Gasteiger partial charge is 0.344 e. The number of imidazole rings is 1. The van der Waals surface area contributed by atoms with Crippen LogP contribution in [0.15, 0.2) is 23.0 Å². The van der Waals surface area contributed by atoms with Crippen LogP contribution < -0.4 is 10.6 Å². The van der Waals surface area contributed by atoms with Gasteiger partial charge in [0.1, 0.15) is 11.7 Å². The van der Waals surface area contributed by atoms with Gasteiger partial charge < -0.3 is 10.6 Å². The van der Waals surface area contributed by atoms with Gasteiger partial charge in [-0.2, -0.15) is 18.3 Å². The van der Waals surface area contributed by atoms with Crippen LogP contribution in [-0.2, 0) is 17.6 Å². The van der Waals surface area contributed by atoms with Gasteiger partial charge in [0.25, 0.3) is 5.91 Å². The Kier molecular flexibility index (Phi) is 7.01. The first-order valence-electron chi connectivity index (χ1n) is 12.7. The molecule has 0 spiro atoms. The van der Waals surface area contributed by atoms with E-state index in [1.54, 1.807) is 25.3 Å². The van der Waals surface area contributed by atoms with Crippen LogP contribution in [-0.4, -0.2) is 54.9 Å². The van der Waals surface area contributed by atoms with E-state index in [9.17, 15) is 31.5 Å². The third kappa shape index (κ3) is 5.71. The summed E-state index contributed by atoms with van der Waals surface area (Å²) in [5.74, 6) is -5.26. The van der Waals surface area contributed by atoms with Gasteiger partial charge in [-0.05, 0) is 48.9 Å². The Labute approximate surface area is 218 Å². The number of carbonyl (C=O) groups excluding carboxylic acids is 2. The lowest BCUT2D eigenvalue weighted by Crippen LogP contribution is -2.38. The van der Waals surface area contributed by atoms with Gasteiger partial charge in [-0.3, -0.25) is 9.59 Å². The number of nitrogens with zero attached hydrogens (tertiary/aromatic N) is 5. The summed E-state index contributed by atoms with van der Waals surface area (Å²) in [6.45, 7) is 1.78. The van der Waals surface area contributed by atoms with Gasteiger partial charge in [0.05, 0.1) is 23.6 Å². The minimum atomic E-state index is -4.52. The van der Waals surface area contributed by atoms with Crippen LogP contribution >= 0.6 is 0 Å². The van der Waals surface area contributed by atoms with Gasteiger partial charge in [-0.15, -0.1) is 0 Å². The highest BCUT2D eigenvalue weighted by Crippen LogP contribution is 2.41. The largest absolute Gasteiger partial charge is 0.408 e. The van der Waals surface area contributed by atoms with Crippen molar-refractivity contribution in [1.82, 2.24) is 35.5 Å². The normalized spacial score (nSPS) is 22.7. The lowest BCUT2D eigenvalue weighted by molar-refractivity contribution is -0.154. The molecule has 4 heterocycles. The van der Waals surface area contributed by atoms with Crippen molar-refractivity contribution in [3.05, 3.63) is 41.1 Å². The molecule has 3 aromatic heterocycles. The molecule has 5 rings (SSSR count).